The molecule has 1 amide bonds. The molecular weight excluding hydrogens is 380 g/mol. The molecule has 0 bridgehead atoms. The van der Waals surface area contributed by atoms with Crippen molar-refractivity contribution in [1.82, 2.24) is 5.43 Å². The Bertz CT molecular complexity index is 708. The lowest BCUT2D eigenvalue weighted by Crippen LogP contribution is -2.19. The number of phenolic OH excluding ortho intramolecular Hbond substituents is 1. The molecule has 0 aliphatic rings. The molecule has 0 heterocycles. The van der Waals surface area contributed by atoms with Gasteiger partial charge in [-0.05, 0) is 40.2 Å². The monoisotopic (exact) mass is 394 g/mol. The lowest BCUT2D eigenvalue weighted by molar-refractivity contribution is -0.118. The highest BCUT2D eigenvalue weighted by Gasteiger charge is 2.07. The summed E-state index contributed by atoms with van der Waals surface area (Å²) in [5.41, 5.74) is 2.87. The van der Waals surface area contributed by atoms with Gasteiger partial charge in [-0.15, -0.1) is 11.8 Å². The lowest BCUT2D eigenvalue weighted by atomic mass is 10.2. The first kappa shape index (κ1) is 17.4. The number of aromatic hydroxyl groups is 1. The molecule has 0 unspecified atom stereocenters. The van der Waals surface area contributed by atoms with E-state index < -0.39 is 0 Å². The summed E-state index contributed by atoms with van der Waals surface area (Å²) in [6, 6.07) is 12.9. The van der Waals surface area contributed by atoms with Gasteiger partial charge < -0.3 is 9.84 Å². The van der Waals surface area contributed by atoms with Gasteiger partial charge in [0.15, 0.2) is 0 Å². The van der Waals surface area contributed by atoms with E-state index in [9.17, 15) is 9.90 Å². The Kier molecular flexibility index (Phi) is 6.49. The summed E-state index contributed by atoms with van der Waals surface area (Å²) in [4.78, 5) is 12.8. The zero-order valence-corrected chi connectivity index (χ0v) is 14.7. The Labute approximate surface area is 146 Å². The largest absolute Gasteiger partial charge is 0.506 e. The first-order valence-corrected chi connectivity index (χ1v) is 8.44. The molecule has 0 aliphatic carbocycles. The van der Waals surface area contributed by atoms with Crippen molar-refractivity contribution in [3.8, 4) is 11.5 Å². The number of hydrogen-bond acceptors (Lipinski definition) is 5. The molecule has 7 heteroatoms. The third-order valence-electron chi connectivity index (χ3n) is 2.81. The number of nitrogens with zero attached hydrogens (tertiary/aromatic N) is 1. The van der Waals surface area contributed by atoms with Crippen LogP contribution in [0.25, 0.3) is 0 Å². The minimum atomic E-state index is -0.225. The zero-order chi connectivity index (χ0) is 16.7. The normalized spacial score (nSPS) is 10.7. The summed E-state index contributed by atoms with van der Waals surface area (Å²) in [5, 5.41) is 13.8. The van der Waals surface area contributed by atoms with Gasteiger partial charge >= 0.3 is 0 Å². The number of rotatable bonds is 6. The number of nitrogens with one attached hydrogen (secondary N) is 1. The number of halogens is 1. The molecule has 5 nitrogen and oxygen atoms in total. The van der Waals surface area contributed by atoms with Gasteiger partial charge in [0.1, 0.15) is 11.5 Å². The number of amides is 1. The van der Waals surface area contributed by atoms with Gasteiger partial charge in [-0.25, -0.2) is 5.43 Å². The maximum absolute atomic E-state index is 11.7. The molecule has 0 saturated carbocycles. The summed E-state index contributed by atoms with van der Waals surface area (Å²) in [6.07, 6.45) is 1.37. The molecule has 2 N–H and O–H groups in total. The summed E-state index contributed by atoms with van der Waals surface area (Å²) in [7, 11) is 1.53. The van der Waals surface area contributed by atoms with Crippen LogP contribution in [0, 0.1) is 0 Å². The summed E-state index contributed by atoms with van der Waals surface area (Å²) in [5.74, 6) is 0.635. The smallest absolute Gasteiger partial charge is 0.250 e. The molecule has 0 atom stereocenters. The van der Waals surface area contributed by atoms with Crippen molar-refractivity contribution in [2.75, 3.05) is 12.9 Å². The molecule has 2 aromatic rings. The molecule has 0 aliphatic heterocycles. The van der Waals surface area contributed by atoms with E-state index in [1.54, 1.807) is 12.1 Å². The minimum Gasteiger partial charge on any atom is -0.506 e. The van der Waals surface area contributed by atoms with E-state index in [0.717, 1.165) is 4.90 Å². The highest BCUT2D eigenvalue weighted by atomic mass is 79.9. The number of ether oxygens (including phenoxy) is 1. The molecule has 0 fully saturated rings. The quantitative estimate of drug-likeness (QED) is 0.447. The maximum atomic E-state index is 11.7. The zero-order valence-electron chi connectivity index (χ0n) is 12.3. The van der Waals surface area contributed by atoms with E-state index >= 15 is 0 Å². The Morgan fingerprint density at radius 2 is 2.13 bits per heavy atom. The van der Waals surface area contributed by atoms with Crippen molar-refractivity contribution < 1.29 is 14.6 Å². The van der Waals surface area contributed by atoms with Crippen molar-refractivity contribution in [3.63, 3.8) is 0 Å². The predicted octanol–water partition coefficient (Wildman–Crippen LogP) is 3.41. The van der Waals surface area contributed by atoms with E-state index in [4.69, 9.17) is 4.74 Å². The Hall–Kier alpha value is -1.99. The fourth-order valence-electron chi connectivity index (χ4n) is 1.68. The second-order valence-electron chi connectivity index (χ2n) is 4.44. The van der Waals surface area contributed by atoms with Gasteiger partial charge in [0.2, 0.25) is 5.91 Å². The number of hydrogen-bond donors (Lipinski definition) is 2. The average molecular weight is 395 g/mol. The van der Waals surface area contributed by atoms with Crippen LogP contribution >= 0.6 is 27.7 Å². The highest BCUT2D eigenvalue weighted by Crippen LogP contribution is 2.31. The molecule has 120 valence electrons. The van der Waals surface area contributed by atoms with Crippen molar-refractivity contribution in [3.05, 3.63) is 52.5 Å². The third-order valence-corrected chi connectivity index (χ3v) is 4.42. The number of methoxy groups -OCH3 is 1. The van der Waals surface area contributed by atoms with Gasteiger partial charge in [-0.2, -0.15) is 5.10 Å². The summed E-state index contributed by atoms with van der Waals surface area (Å²) >= 11 is 4.65. The van der Waals surface area contributed by atoms with Crippen molar-refractivity contribution in [1.29, 1.82) is 0 Å². The topological polar surface area (TPSA) is 70.9 Å². The number of carbonyl (C=O) groups is 1. The number of thioether (sulfide) groups is 1. The molecule has 2 aromatic carbocycles. The van der Waals surface area contributed by atoms with Crippen molar-refractivity contribution in [2.24, 2.45) is 5.10 Å². The van der Waals surface area contributed by atoms with Crippen LogP contribution in [0.2, 0.25) is 0 Å². The number of hydrazone groups is 1. The van der Waals surface area contributed by atoms with Crippen LogP contribution in [-0.4, -0.2) is 30.1 Å². The molecule has 0 radical (unpaired) electrons. The molecule has 0 saturated heterocycles. The summed E-state index contributed by atoms with van der Waals surface area (Å²) < 4.78 is 5.60. The first-order chi connectivity index (χ1) is 11.1. The SMILES string of the molecule is COc1cc(Br)c(O)c(C=NNC(=O)CSc2ccccc2)c1. The maximum Gasteiger partial charge on any atom is 0.250 e. The van der Waals surface area contributed by atoms with Gasteiger partial charge in [-0.1, -0.05) is 18.2 Å². The summed E-state index contributed by atoms with van der Waals surface area (Å²) in [6.45, 7) is 0. The fraction of sp³-hybridized carbons (Fsp3) is 0.125. The molecular formula is C16H15BrN2O3S. The van der Waals surface area contributed by atoms with E-state index in [0.29, 0.717) is 15.8 Å². The van der Waals surface area contributed by atoms with Crippen LogP contribution in [0.3, 0.4) is 0 Å². The number of carbonyl (C=O) groups excluding carboxylic acids is 1. The van der Waals surface area contributed by atoms with Crippen LogP contribution in [-0.2, 0) is 4.79 Å². The van der Waals surface area contributed by atoms with Crippen LogP contribution in [0.5, 0.6) is 11.5 Å². The van der Waals surface area contributed by atoms with Gasteiger partial charge in [0, 0.05) is 10.5 Å². The average Bonchev–Trinajstić information content (AvgIpc) is 2.57. The van der Waals surface area contributed by atoms with E-state index in [2.05, 4.69) is 26.5 Å². The first-order valence-electron chi connectivity index (χ1n) is 6.66. The van der Waals surface area contributed by atoms with E-state index in [1.165, 1.54) is 25.1 Å². The molecule has 23 heavy (non-hydrogen) atoms. The number of benzene rings is 2. The third kappa shape index (κ3) is 5.30. The second kappa shape index (κ2) is 8.59. The second-order valence-corrected chi connectivity index (χ2v) is 6.35. The predicted molar refractivity (Wildman–Crippen MR) is 95.3 cm³/mol. The van der Waals surface area contributed by atoms with Gasteiger partial charge in [-0.3, -0.25) is 4.79 Å². The van der Waals surface area contributed by atoms with Crippen LogP contribution < -0.4 is 10.2 Å². The Morgan fingerprint density at radius 1 is 1.39 bits per heavy atom. The van der Waals surface area contributed by atoms with Crippen LogP contribution in [0.1, 0.15) is 5.56 Å². The molecule has 0 spiro atoms. The lowest BCUT2D eigenvalue weighted by Gasteiger charge is -2.06. The fourth-order valence-corrected chi connectivity index (χ4v) is 2.85. The van der Waals surface area contributed by atoms with E-state index in [-0.39, 0.29) is 17.4 Å². The van der Waals surface area contributed by atoms with Crippen LogP contribution in [0.4, 0.5) is 0 Å². The Morgan fingerprint density at radius 3 is 2.83 bits per heavy atom. The standard InChI is InChI=1S/C16H15BrN2O3S/c1-22-12-7-11(16(21)14(17)8-12)9-18-19-15(20)10-23-13-5-3-2-4-6-13/h2-9,21H,10H2,1H3,(H,19,20). The molecule has 0 aromatic heterocycles. The Balaban J connectivity index is 1.91. The highest BCUT2D eigenvalue weighted by molar-refractivity contribution is 9.10. The molecule has 2 rings (SSSR count). The van der Waals surface area contributed by atoms with Gasteiger partial charge in [0.25, 0.3) is 0 Å². The van der Waals surface area contributed by atoms with Crippen LogP contribution in [0.15, 0.2) is 56.9 Å². The van der Waals surface area contributed by atoms with Gasteiger partial charge in [0.05, 0.1) is 23.5 Å². The number of phenols is 1. The van der Waals surface area contributed by atoms with Crippen molar-refractivity contribution >= 4 is 39.8 Å². The van der Waals surface area contributed by atoms with Crippen molar-refractivity contribution in [2.45, 2.75) is 4.90 Å². The van der Waals surface area contributed by atoms with E-state index in [1.807, 2.05) is 30.3 Å². The minimum absolute atomic E-state index is 0.0301.